The number of hydrazine groups is 1. The molecule has 0 saturated carbocycles. The summed E-state index contributed by atoms with van der Waals surface area (Å²) in [6, 6.07) is 13.4. The Balaban J connectivity index is 1.61. The SMILES string of the molecule is CCCCCOc1ccc(C2NNC(=O)CC2N/N=C/c2ccc([N+](=O)[O-])cc2)cc1. The molecule has 2 aromatic rings. The number of rotatable bonds is 10. The normalized spacial score (nSPS) is 18.5. The Bertz CT molecular complexity index is 899. The van der Waals surface area contributed by atoms with E-state index in [1.54, 1.807) is 18.3 Å². The zero-order valence-corrected chi connectivity index (χ0v) is 17.4. The standard InChI is InChI=1S/C22H27N5O4/c1-2-3-4-13-31-19-11-7-17(8-12-19)22-20(14-21(28)25-26-22)24-23-15-16-5-9-18(10-6-16)27(29)30/h5-12,15,20,22,24,26H,2-4,13-14H2,1H3,(H,25,28)/b23-15+. The summed E-state index contributed by atoms with van der Waals surface area (Å²) in [5, 5.41) is 15.0. The van der Waals surface area contributed by atoms with Crippen LogP contribution in [0.15, 0.2) is 53.6 Å². The maximum Gasteiger partial charge on any atom is 0.269 e. The Hall–Kier alpha value is -3.46. The van der Waals surface area contributed by atoms with E-state index in [1.807, 2.05) is 24.3 Å². The summed E-state index contributed by atoms with van der Waals surface area (Å²) in [5.41, 5.74) is 10.5. The minimum atomic E-state index is -0.447. The van der Waals surface area contributed by atoms with E-state index < -0.39 is 4.92 Å². The van der Waals surface area contributed by atoms with E-state index in [9.17, 15) is 14.9 Å². The Kier molecular flexibility index (Phi) is 7.94. The zero-order valence-electron chi connectivity index (χ0n) is 17.4. The van der Waals surface area contributed by atoms with Gasteiger partial charge in [-0.3, -0.25) is 20.3 Å². The number of hydrogen-bond acceptors (Lipinski definition) is 7. The molecule has 2 atom stereocenters. The van der Waals surface area contributed by atoms with Gasteiger partial charge < -0.3 is 10.2 Å². The number of nitro benzene ring substituents is 1. The molecule has 0 aromatic heterocycles. The molecule has 9 heteroatoms. The molecule has 0 aliphatic carbocycles. The van der Waals surface area contributed by atoms with Gasteiger partial charge in [0.25, 0.3) is 5.69 Å². The van der Waals surface area contributed by atoms with E-state index >= 15 is 0 Å². The van der Waals surface area contributed by atoms with Gasteiger partial charge >= 0.3 is 0 Å². The lowest BCUT2D eigenvalue weighted by Gasteiger charge is -2.32. The van der Waals surface area contributed by atoms with Crippen LogP contribution in [0.4, 0.5) is 5.69 Å². The van der Waals surface area contributed by atoms with Crippen LogP contribution < -0.4 is 21.0 Å². The number of hydrazone groups is 1. The number of non-ortho nitro benzene ring substituents is 1. The number of nitrogens with zero attached hydrogens (tertiary/aromatic N) is 2. The lowest BCUT2D eigenvalue weighted by molar-refractivity contribution is -0.384. The van der Waals surface area contributed by atoms with Crippen LogP contribution in [-0.4, -0.2) is 29.7 Å². The highest BCUT2D eigenvalue weighted by molar-refractivity contribution is 5.80. The number of carbonyl (C=O) groups excluding carboxylic acids is 1. The first-order valence-corrected chi connectivity index (χ1v) is 10.4. The summed E-state index contributed by atoms with van der Waals surface area (Å²) in [6.07, 6.45) is 5.16. The minimum absolute atomic E-state index is 0.0242. The monoisotopic (exact) mass is 425 g/mol. The van der Waals surface area contributed by atoms with Gasteiger partial charge in [-0.2, -0.15) is 5.10 Å². The van der Waals surface area contributed by atoms with Gasteiger partial charge in [0.2, 0.25) is 5.91 Å². The van der Waals surface area contributed by atoms with Crippen molar-refractivity contribution < 1.29 is 14.5 Å². The maximum absolute atomic E-state index is 11.9. The molecule has 1 aliphatic rings. The second kappa shape index (κ2) is 11.1. The molecular weight excluding hydrogens is 398 g/mol. The van der Waals surface area contributed by atoms with Crippen molar-refractivity contribution in [2.24, 2.45) is 5.10 Å². The molecular formula is C22H27N5O4. The van der Waals surface area contributed by atoms with Gasteiger partial charge in [-0.1, -0.05) is 31.9 Å². The number of amides is 1. The van der Waals surface area contributed by atoms with Gasteiger partial charge in [-0.15, -0.1) is 0 Å². The lowest BCUT2D eigenvalue weighted by atomic mass is 9.96. The molecule has 9 nitrogen and oxygen atoms in total. The van der Waals surface area contributed by atoms with E-state index in [-0.39, 0.29) is 30.1 Å². The second-order valence-electron chi connectivity index (χ2n) is 7.34. The fourth-order valence-corrected chi connectivity index (χ4v) is 3.27. The largest absolute Gasteiger partial charge is 0.494 e. The summed E-state index contributed by atoms with van der Waals surface area (Å²) in [5.74, 6) is 0.690. The molecule has 1 aliphatic heterocycles. The van der Waals surface area contributed by atoms with Gasteiger partial charge in [0, 0.05) is 12.1 Å². The van der Waals surface area contributed by atoms with Crippen LogP contribution in [0.2, 0.25) is 0 Å². The first-order valence-electron chi connectivity index (χ1n) is 10.4. The zero-order chi connectivity index (χ0) is 22.1. The maximum atomic E-state index is 11.9. The molecule has 0 bridgehead atoms. The molecule has 1 saturated heterocycles. The van der Waals surface area contributed by atoms with Crippen LogP contribution in [0.1, 0.15) is 49.8 Å². The van der Waals surface area contributed by atoms with Gasteiger partial charge in [0.1, 0.15) is 5.75 Å². The summed E-state index contributed by atoms with van der Waals surface area (Å²) in [4.78, 5) is 22.2. The number of nitrogens with one attached hydrogen (secondary N) is 3. The van der Waals surface area contributed by atoms with Crippen molar-refractivity contribution in [2.75, 3.05) is 6.61 Å². The van der Waals surface area contributed by atoms with Crippen molar-refractivity contribution in [1.82, 2.24) is 16.3 Å². The molecule has 0 radical (unpaired) electrons. The fraction of sp³-hybridized carbons (Fsp3) is 0.364. The molecule has 31 heavy (non-hydrogen) atoms. The highest BCUT2D eigenvalue weighted by Gasteiger charge is 2.30. The molecule has 1 heterocycles. The van der Waals surface area contributed by atoms with Crippen molar-refractivity contribution in [3.05, 3.63) is 69.8 Å². The van der Waals surface area contributed by atoms with E-state index in [0.717, 1.165) is 30.6 Å². The highest BCUT2D eigenvalue weighted by atomic mass is 16.6. The number of ether oxygens (including phenoxy) is 1. The summed E-state index contributed by atoms with van der Waals surface area (Å²) in [6.45, 7) is 2.86. The number of carbonyl (C=O) groups is 1. The van der Waals surface area contributed by atoms with Gasteiger partial charge in [0.05, 0.1) is 36.2 Å². The van der Waals surface area contributed by atoms with E-state index in [4.69, 9.17) is 4.74 Å². The van der Waals surface area contributed by atoms with Crippen LogP contribution in [0.25, 0.3) is 0 Å². The van der Waals surface area contributed by atoms with Crippen LogP contribution in [-0.2, 0) is 4.79 Å². The molecule has 164 valence electrons. The van der Waals surface area contributed by atoms with Crippen LogP contribution >= 0.6 is 0 Å². The predicted molar refractivity (Wildman–Crippen MR) is 118 cm³/mol. The topological polar surface area (TPSA) is 118 Å². The molecule has 3 rings (SSSR count). The number of nitro groups is 1. The van der Waals surface area contributed by atoms with Crippen LogP contribution in [0.5, 0.6) is 5.75 Å². The van der Waals surface area contributed by atoms with Gasteiger partial charge in [-0.25, -0.2) is 5.43 Å². The average molecular weight is 425 g/mol. The summed E-state index contributed by atoms with van der Waals surface area (Å²) in [7, 11) is 0. The minimum Gasteiger partial charge on any atom is -0.494 e. The average Bonchev–Trinajstić information content (AvgIpc) is 2.78. The molecule has 3 N–H and O–H groups in total. The smallest absolute Gasteiger partial charge is 0.269 e. The highest BCUT2D eigenvalue weighted by Crippen LogP contribution is 2.24. The van der Waals surface area contributed by atoms with Crippen molar-refractivity contribution in [2.45, 2.75) is 44.7 Å². The molecule has 2 unspecified atom stereocenters. The van der Waals surface area contributed by atoms with Crippen molar-refractivity contribution in [3.63, 3.8) is 0 Å². The predicted octanol–water partition coefficient (Wildman–Crippen LogP) is 3.22. The first kappa shape index (κ1) is 22.2. The Morgan fingerprint density at radius 1 is 1.19 bits per heavy atom. The van der Waals surface area contributed by atoms with E-state index in [0.29, 0.717) is 12.2 Å². The van der Waals surface area contributed by atoms with Crippen molar-refractivity contribution in [1.29, 1.82) is 0 Å². The summed E-state index contributed by atoms with van der Waals surface area (Å²) >= 11 is 0. The number of benzene rings is 2. The lowest BCUT2D eigenvalue weighted by Crippen LogP contribution is -2.55. The second-order valence-corrected chi connectivity index (χ2v) is 7.34. The van der Waals surface area contributed by atoms with E-state index in [2.05, 4.69) is 28.3 Å². The van der Waals surface area contributed by atoms with E-state index in [1.165, 1.54) is 12.1 Å². The van der Waals surface area contributed by atoms with Gasteiger partial charge in [0.15, 0.2) is 0 Å². The third-order valence-corrected chi connectivity index (χ3v) is 4.99. The first-order chi connectivity index (χ1) is 15.1. The van der Waals surface area contributed by atoms with Crippen LogP contribution in [0.3, 0.4) is 0 Å². The molecule has 2 aromatic carbocycles. The molecule has 1 amide bonds. The van der Waals surface area contributed by atoms with Crippen molar-refractivity contribution >= 4 is 17.8 Å². The Labute approximate surface area is 181 Å². The molecule has 1 fully saturated rings. The summed E-state index contributed by atoms with van der Waals surface area (Å²) < 4.78 is 5.76. The third-order valence-electron chi connectivity index (χ3n) is 4.99. The molecule has 0 spiro atoms. The van der Waals surface area contributed by atoms with Crippen molar-refractivity contribution in [3.8, 4) is 5.75 Å². The third kappa shape index (κ3) is 6.51. The quantitative estimate of drug-likeness (QED) is 0.233. The Morgan fingerprint density at radius 3 is 2.61 bits per heavy atom. The Morgan fingerprint density at radius 2 is 1.94 bits per heavy atom. The number of hydrogen-bond donors (Lipinski definition) is 3. The fourth-order valence-electron chi connectivity index (χ4n) is 3.27. The van der Waals surface area contributed by atoms with Gasteiger partial charge in [-0.05, 0) is 41.8 Å². The van der Waals surface area contributed by atoms with Crippen LogP contribution in [0, 0.1) is 10.1 Å². The number of unbranched alkanes of at least 4 members (excludes halogenated alkanes) is 2.